The lowest BCUT2D eigenvalue weighted by Gasteiger charge is -2.10. The maximum absolute atomic E-state index is 6.68. The second-order valence-electron chi connectivity index (χ2n) is 15.5. The largest absolute Gasteiger partial charge is 0.456 e. The molecular weight excluding hydrogens is 751 g/mol. The zero-order valence-electron chi connectivity index (χ0n) is 32.5. The molecule has 0 atom stereocenters. The molecule has 0 radical (unpaired) electrons. The van der Waals surface area contributed by atoms with Crippen molar-refractivity contribution >= 4 is 76.6 Å². The molecule has 6 heteroatoms. The van der Waals surface area contributed by atoms with Gasteiger partial charge in [-0.05, 0) is 93.7 Å². The van der Waals surface area contributed by atoms with E-state index in [1.807, 2.05) is 54.6 Å². The van der Waals surface area contributed by atoms with E-state index in [1.54, 1.807) is 0 Å². The van der Waals surface area contributed by atoms with Crippen molar-refractivity contribution in [3.05, 3.63) is 188 Å². The molecule has 0 amide bonds. The molecule has 61 heavy (non-hydrogen) atoms. The first kappa shape index (κ1) is 33.6. The third-order valence-corrected chi connectivity index (χ3v) is 11.9. The van der Waals surface area contributed by atoms with Gasteiger partial charge in [0.05, 0.1) is 0 Å². The van der Waals surface area contributed by atoms with Crippen LogP contribution in [-0.4, -0.2) is 15.0 Å². The SMILES string of the molecule is c1ccc(-c2ccc(-c3nc(-c4ccc5oc6ccccc6c5c4)nc(-c4cccc5oc6cc(-c7cccc8oc9cc%10ccccc%10cc9c78)ccc6c45)n3)cc2)cc1. The number of aromatic nitrogens is 3. The van der Waals surface area contributed by atoms with Gasteiger partial charge >= 0.3 is 0 Å². The summed E-state index contributed by atoms with van der Waals surface area (Å²) in [5, 5.41) is 8.49. The molecule has 0 aliphatic rings. The fourth-order valence-electron chi connectivity index (χ4n) is 8.99. The molecule has 9 aromatic carbocycles. The fourth-order valence-corrected chi connectivity index (χ4v) is 8.99. The molecule has 0 saturated heterocycles. The van der Waals surface area contributed by atoms with Crippen LogP contribution in [-0.2, 0) is 0 Å². The summed E-state index contributed by atoms with van der Waals surface area (Å²) in [6.45, 7) is 0. The highest BCUT2D eigenvalue weighted by Gasteiger charge is 2.20. The van der Waals surface area contributed by atoms with Gasteiger partial charge in [-0.2, -0.15) is 0 Å². The van der Waals surface area contributed by atoms with E-state index < -0.39 is 0 Å². The van der Waals surface area contributed by atoms with Gasteiger partial charge in [-0.25, -0.2) is 15.0 Å². The lowest BCUT2D eigenvalue weighted by Crippen LogP contribution is -2.00. The normalized spacial score (nSPS) is 11.9. The van der Waals surface area contributed by atoms with Crippen LogP contribution >= 0.6 is 0 Å². The zero-order chi connectivity index (χ0) is 40.0. The second kappa shape index (κ2) is 13.1. The van der Waals surface area contributed by atoms with Gasteiger partial charge in [0.2, 0.25) is 0 Å². The van der Waals surface area contributed by atoms with Crippen molar-refractivity contribution in [2.75, 3.05) is 0 Å². The molecule has 4 aromatic heterocycles. The van der Waals surface area contributed by atoms with Crippen molar-refractivity contribution in [1.82, 2.24) is 15.0 Å². The highest BCUT2D eigenvalue weighted by Crippen LogP contribution is 2.42. The molecule has 13 rings (SSSR count). The molecule has 0 aliphatic carbocycles. The van der Waals surface area contributed by atoms with Crippen LogP contribution in [0.25, 0.3) is 133 Å². The van der Waals surface area contributed by atoms with Crippen LogP contribution in [0.15, 0.2) is 201 Å². The van der Waals surface area contributed by atoms with Gasteiger partial charge in [-0.15, -0.1) is 0 Å². The van der Waals surface area contributed by atoms with E-state index in [4.69, 9.17) is 28.2 Å². The third-order valence-electron chi connectivity index (χ3n) is 11.9. The number of nitrogens with zero attached hydrogens (tertiary/aromatic N) is 3. The smallest absolute Gasteiger partial charge is 0.164 e. The molecule has 0 spiro atoms. The highest BCUT2D eigenvalue weighted by molar-refractivity contribution is 6.17. The van der Waals surface area contributed by atoms with E-state index in [1.165, 1.54) is 5.39 Å². The van der Waals surface area contributed by atoms with Gasteiger partial charge in [-0.3, -0.25) is 0 Å². The van der Waals surface area contributed by atoms with Crippen LogP contribution < -0.4 is 0 Å². The van der Waals surface area contributed by atoms with Gasteiger partial charge in [0, 0.05) is 49.0 Å². The number of benzene rings is 9. The Morgan fingerprint density at radius 2 is 0.820 bits per heavy atom. The van der Waals surface area contributed by atoms with E-state index in [0.717, 1.165) is 110 Å². The van der Waals surface area contributed by atoms with E-state index >= 15 is 0 Å². The molecule has 0 unspecified atom stereocenters. The van der Waals surface area contributed by atoms with Crippen LogP contribution in [0.2, 0.25) is 0 Å². The standard InChI is InChI=1S/C55H31N3O3/c1-2-10-32(11-3-1)33-20-22-34(23-21-33)53-56-54(38-25-27-46-43(29-38)40-14-6-7-17-45(40)59-46)58-55(57-53)42-16-9-19-48-52(42)41-26-24-37(31-49(41)60-48)39-15-8-18-47-51(39)44-28-35-12-4-5-13-36(35)30-50(44)61-47/h1-31H. The minimum absolute atomic E-state index is 0.559. The maximum atomic E-state index is 6.68. The molecule has 0 fully saturated rings. The van der Waals surface area contributed by atoms with Crippen LogP contribution in [0.4, 0.5) is 0 Å². The Hall–Kier alpha value is -8.35. The monoisotopic (exact) mass is 781 g/mol. The van der Waals surface area contributed by atoms with Crippen molar-refractivity contribution in [3.8, 4) is 56.4 Å². The molecule has 13 aromatic rings. The molecule has 0 bridgehead atoms. The Kier molecular flexibility index (Phi) is 7.21. The Balaban J connectivity index is 0.978. The van der Waals surface area contributed by atoms with E-state index in [2.05, 4.69) is 133 Å². The average Bonchev–Trinajstić information content (AvgIpc) is 4.01. The van der Waals surface area contributed by atoms with E-state index in [0.29, 0.717) is 17.5 Å². The van der Waals surface area contributed by atoms with Crippen molar-refractivity contribution in [3.63, 3.8) is 0 Å². The number of hydrogen-bond donors (Lipinski definition) is 0. The number of para-hydroxylation sites is 1. The number of rotatable bonds is 5. The van der Waals surface area contributed by atoms with Crippen LogP contribution in [0, 0.1) is 0 Å². The molecule has 0 aliphatic heterocycles. The Morgan fingerprint density at radius 3 is 1.64 bits per heavy atom. The minimum atomic E-state index is 0.559. The van der Waals surface area contributed by atoms with Crippen molar-refractivity contribution in [1.29, 1.82) is 0 Å². The van der Waals surface area contributed by atoms with Gasteiger partial charge in [0.15, 0.2) is 17.5 Å². The summed E-state index contributed by atoms with van der Waals surface area (Å²) in [4.78, 5) is 15.5. The van der Waals surface area contributed by atoms with Crippen molar-refractivity contribution in [2.45, 2.75) is 0 Å². The van der Waals surface area contributed by atoms with E-state index in [9.17, 15) is 0 Å². The van der Waals surface area contributed by atoms with Crippen LogP contribution in [0.3, 0.4) is 0 Å². The average molecular weight is 782 g/mol. The zero-order valence-corrected chi connectivity index (χ0v) is 32.5. The summed E-state index contributed by atoms with van der Waals surface area (Å²) >= 11 is 0. The third kappa shape index (κ3) is 5.39. The van der Waals surface area contributed by atoms with Gasteiger partial charge in [-0.1, -0.05) is 127 Å². The fraction of sp³-hybridized carbons (Fsp3) is 0. The summed E-state index contributed by atoms with van der Waals surface area (Å²) in [5.41, 5.74) is 11.9. The van der Waals surface area contributed by atoms with Gasteiger partial charge < -0.3 is 13.3 Å². The summed E-state index contributed by atoms with van der Waals surface area (Å²) in [5.74, 6) is 1.71. The Bertz CT molecular complexity index is 3880. The van der Waals surface area contributed by atoms with Gasteiger partial charge in [0.1, 0.15) is 33.5 Å². The van der Waals surface area contributed by atoms with E-state index in [-0.39, 0.29) is 0 Å². The van der Waals surface area contributed by atoms with Crippen molar-refractivity contribution in [2.24, 2.45) is 0 Å². The summed E-state index contributed by atoms with van der Waals surface area (Å²) in [7, 11) is 0. The minimum Gasteiger partial charge on any atom is -0.456 e. The summed E-state index contributed by atoms with van der Waals surface area (Å²) < 4.78 is 19.3. The lowest BCUT2D eigenvalue weighted by atomic mass is 9.97. The lowest BCUT2D eigenvalue weighted by molar-refractivity contribution is 0.668. The molecule has 6 nitrogen and oxygen atoms in total. The first-order chi connectivity index (χ1) is 30.2. The maximum Gasteiger partial charge on any atom is 0.164 e. The summed E-state index contributed by atoms with van der Waals surface area (Å²) in [6, 6.07) is 64.6. The van der Waals surface area contributed by atoms with Crippen LogP contribution in [0.1, 0.15) is 0 Å². The molecule has 284 valence electrons. The molecule has 0 N–H and O–H groups in total. The number of fused-ring (bicyclic) bond motifs is 10. The quantitative estimate of drug-likeness (QED) is 0.173. The van der Waals surface area contributed by atoms with Crippen LogP contribution in [0.5, 0.6) is 0 Å². The Labute approximate surface area is 348 Å². The number of furan rings is 3. The molecular formula is C55H31N3O3. The number of hydrogen-bond acceptors (Lipinski definition) is 6. The predicted molar refractivity (Wildman–Crippen MR) is 246 cm³/mol. The predicted octanol–water partition coefficient (Wildman–Crippen LogP) is 15.1. The van der Waals surface area contributed by atoms with Gasteiger partial charge in [0.25, 0.3) is 0 Å². The molecule has 4 heterocycles. The second-order valence-corrected chi connectivity index (χ2v) is 15.5. The Morgan fingerprint density at radius 1 is 0.262 bits per heavy atom. The topological polar surface area (TPSA) is 78.1 Å². The highest BCUT2D eigenvalue weighted by atomic mass is 16.3. The molecule has 0 saturated carbocycles. The first-order valence-electron chi connectivity index (χ1n) is 20.3. The summed E-state index contributed by atoms with van der Waals surface area (Å²) in [6.07, 6.45) is 0. The first-order valence-corrected chi connectivity index (χ1v) is 20.3. The van der Waals surface area contributed by atoms with Crippen molar-refractivity contribution < 1.29 is 13.3 Å².